The van der Waals surface area contributed by atoms with Crippen molar-refractivity contribution >= 4 is 21.6 Å². The van der Waals surface area contributed by atoms with E-state index in [1.165, 1.54) is 17.7 Å². The van der Waals surface area contributed by atoms with Gasteiger partial charge in [-0.25, -0.2) is 0 Å². The minimum Gasteiger partial charge on any atom is -0.380 e. The Morgan fingerprint density at radius 1 is 1.50 bits per heavy atom. The van der Waals surface area contributed by atoms with Crippen molar-refractivity contribution in [3.8, 4) is 0 Å². The summed E-state index contributed by atoms with van der Waals surface area (Å²) in [6, 6.07) is 6.38. The maximum atomic E-state index is 6.07. The maximum Gasteiger partial charge on any atom is 0.0746 e. The Labute approximate surface area is 117 Å². The largest absolute Gasteiger partial charge is 0.380 e. The molecule has 1 aromatic carbocycles. The number of rotatable bonds is 3. The zero-order chi connectivity index (χ0) is 13.1. The number of benzene rings is 1. The Kier molecular flexibility index (Phi) is 4.65. The van der Waals surface area contributed by atoms with Gasteiger partial charge >= 0.3 is 0 Å². The molecule has 2 atom stereocenters. The highest BCUT2D eigenvalue weighted by Crippen LogP contribution is 2.31. The lowest BCUT2D eigenvalue weighted by molar-refractivity contribution is 0.0893. The number of nitrogens with two attached hydrogens (primary N) is 1. The number of halogens is 1. The summed E-state index contributed by atoms with van der Waals surface area (Å²) in [4.78, 5) is 2.39. The van der Waals surface area contributed by atoms with Gasteiger partial charge in [-0.2, -0.15) is 0 Å². The minimum absolute atomic E-state index is 0.0519. The Morgan fingerprint density at radius 2 is 2.28 bits per heavy atom. The average molecular weight is 313 g/mol. The Morgan fingerprint density at radius 3 is 2.94 bits per heavy atom. The van der Waals surface area contributed by atoms with E-state index in [-0.39, 0.29) is 6.04 Å². The lowest BCUT2D eigenvalue weighted by Gasteiger charge is -2.35. The predicted molar refractivity (Wildman–Crippen MR) is 79.0 cm³/mol. The quantitative estimate of drug-likeness (QED) is 0.932. The van der Waals surface area contributed by atoms with Crippen LogP contribution in [0.3, 0.4) is 0 Å². The molecule has 1 aromatic rings. The zero-order valence-corrected chi connectivity index (χ0v) is 12.6. The molecule has 2 N–H and O–H groups in total. The van der Waals surface area contributed by atoms with Crippen LogP contribution in [0.5, 0.6) is 0 Å². The molecule has 1 heterocycles. The number of hydrogen-bond donors (Lipinski definition) is 1. The maximum absolute atomic E-state index is 6.07. The second kappa shape index (κ2) is 6.04. The summed E-state index contributed by atoms with van der Waals surface area (Å²) < 4.78 is 6.59. The number of piperidine rings is 1. The molecular formula is C14H21BrN2O. The van der Waals surface area contributed by atoms with Gasteiger partial charge in [0.05, 0.1) is 6.10 Å². The number of methoxy groups -OCH3 is 1. The van der Waals surface area contributed by atoms with Gasteiger partial charge in [-0.05, 0) is 37.5 Å². The van der Waals surface area contributed by atoms with Crippen molar-refractivity contribution in [3.63, 3.8) is 0 Å². The van der Waals surface area contributed by atoms with E-state index < -0.39 is 0 Å². The standard InChI is InChI=1S/C14H21BrN2O/c1-10(16)13-6-5-11(15)8-14(13)17-7-3-4-12(9-17)18-2/h5-6,8,10,12H,3-4,7,9,16H2,1-2H3. The summed E-state index contributed by atoms with van der Waals surface area (Å²) >= 11 is 3.55. The van der Waals surface area contributed by atoms with Gasteiger partial charge < -0.3 is 15.4 Å². The van der Waals surface area contributed by atoms with Gasteiger partial charge in [0.25, 0.3) is 0 Å². The van der Waals surface area contributed by atoms with Crippen LogP contribution in [0.15, 0.2) is 22.7 Å². The number of ether oxygens (including phenoxy) is 1. The summed E-state index contributed by atoms with van der Waals surface area (Å²) in [5.41, 5.74) is 8.51. The van der Waals surface area contributed by atoms with Crippen molar-refractivity contribution in [2.75, 3.05) is 25.1 Å². The van der Waals surface area contributed by atoms with E-state index in [0.717, 1.165) is 24.0 Å². The van der Waals surface area contributed by atoms with E-state index in [9.17, 15) is 0 Å². The van der Waals surface area contributed by atoms with Crippen LogP contribution in [0.4, 0.5) is 5.69 Å². The highest BCUT2D eigenvalue weighted by Gasteiger charge is 2.22. The lowest BCUT2D eigenvalue weighted by Crippen LogP contribution is -2.40. The first kappa shape index (κ1) is 13.8. The summed E-state index contributed by atoms with van der Waals surface area (Å²) in [5, 5.41) is 0. The molecule has 0 bridgehead atoms. The molecule has 4 heteroatoms. The highest BCUT2D eigenvalue weighted by atomic mass is 79.9. The molecule has 0 spiro atoms. The van der Waals surface area contributed by atoms with E-state index in [1.807, 2.05) is 6.92 Å². The van der Waals surface area contributed by atoms with Crippen LogP contribution in [0.1, 0.15) is 31.4 Å². The van der Waals surface area contributed by atoms with Crippen LogP contribution < -0.4 is 10.6 Å². The predicted octanol–water partition coefficient (Wildman–Crippen LogP) is 3.08. The van der Waals surface area contributed by atoms with E-state index in [0.29, 0.717) is 6.10 Å². The summed E-state index contributed by atoms with van der Waals surface area (Å²) in [7, 11) is 1.79. The van der Waals surface area contributed by atoms with Gasteiger partial charge in [-0.3, -0.25) is 0 Å². The van der Waals surface area contributed by atoms with E-state index >= 15 is 0 Å². The molecule has 0 aromatic heterocycles. The molecular weight excluding hydrogens is 292 g/mol. The summed E-state index contributed by atoms with van der Waals surface area (Å²) in [6.07, 6.45) is 2.65. The van der Waals surface area contributed by atoms with Crippen LogP contribution in [0.2, 0.25) is 0 Å². The van der Waals surface area contributed by atoms with Crippen LogP contribution in [-0.4, -0.2) is 26.3 Å². The van der Waals surface area contributed by atoms with E-state index in [4.69, 9.17) is 10.5 Å². The van der Waals surface area contributed by atoms with E-state index in [2.05, 4.69) is 39.0 Å². The number of hydrogen-bond acceptors (Lipinski definition) is 3. The first-order valence-electron chi connectivity index (χ1n) is 6.44. The van der Waals surface area contributed by atoms with Crippen LogP contribution in [0, 0.1) is 0 Å². The molecule has 0 amide bonds. The van der Waals surface area contributed by atoms with Crippen molar-refractivity contribution < 1.29 is 4.74 Å². The summed E-state index contributed by atoms with van der Waals surface area (Å²) in [5.74, 6) is 0. The fraction of sp³-hybridized carbons (Fsp3) is 0.571. The average Bonchev–Trinajstić information content (AvgIpc) is 2.38. The summed E-state index contributed by atoms with van der Waals surface area (Å²) in [6.45, 7) is 4.06. The van der Waals surface area contributed by atoms with Crippen molar-refractivity contribution in [1.82, 2.24) is 0 Å². The number of anilines is 1. The second-order valence-electron chi connectivity index (χ2n) is 4.94. The fourth-order valence-corrected chi connectivity index (χ4v) is 2.87. The molecule has 1 saturated heterocycles. The normalized spacial score (nSPS) is 22.0. The Hall–Kier alpha value is -0.580. The van der Waals surface area contributed by atoms with Gasteiger partial charge in [0, 0.05) is 36.4 Å². The van der Waals surface area contributed by atoms with Gasteiger partial charge in [0.15, 0.2) is 0 Å². The molecule has 2 rings (SSSR count). The third-order valence-electron chi connectivity index (χ3n) is 3.54. The first-order valence-corrected chi connectivity index (χ1v) is 7.24. The molecule has 18 heavy (non-hydrogen) atoms. The van der Waals surface area contributed by atoms with Crippen molar-refractivity contribution in [2.24, 2.45) is 5.73 Å². The van der Waals surface area contributed by atoms with E-state index in [1.54, 1.807) is 7.11 Å². The highest BCUT2D eigenvalue weighted by molar-refractivity contribution is 9.10. The molecule has 1 aliphatic rings. The van der Waals surface area contributed by atoms with Crippen LogP contribution >= 0.6 is 15.9 Å². The molecule has 0 aliphatic carbocycles. The van der Waals surface area contributed by atoms with Gasteiger partial charge in [-0.15, -0.1) is 0 Å². The monoisotopic (exact) mass is 312 g/mol. The molecule has 2 unspecified atom stereocenters. The Balaban J connectivity index is 2.28. The van der Waals surface area contributed by atoms with Crippen molar-refractivity contribution in [2.45, 2.75) is 31.9 Å². The third kappa shape index (κ3) is 3.05. The lowest BCUT2D eigenvalue weighted by atomic mass is 10.0. The molecule has 100 valence electrons. The number of nitrogens with zero attached hydrogens (tertiary/aromatic N) is 1. The SMILES string of the molecule is COC1CCCN(c2cc(Br)ccc2C(C)N)C1. The fourth-order valence-electron chi connectivity index (χ4n) is 2.53. The van der Waals surface area contributed by atoms with Crippen molar-refractivity contribution in [1.29, 1.82) is 0 Å². The zero-order valence-electron chi connectivity index (χ0n) is 11.0. The third-order valence-corrected chi connectivity index (χ3v) is 4.03. The topological polar surface area (TPSA) is 38.5 Å². The minimum atomic E-state index is 0.0519. The molecule has 0 saturated carbocycles. The molecule has 1 fully saturated rings. The van der Waals surface area contributed by atoms with Gasteiger partial charge in [-0.1, -0.05) is 22.0 Å². The van der Waals surface area contributed by atoms with Crippen molar-refractivity contribution in [3.05, 3.63) is 28.2 Å². The van der Waals surface area contributed by atoms with Gasteiger partial charge in [0.1, 0.15) is 0 Å². The van der Waals surface area contributed by atoms with Gasteiger partial charge in [0.2, 0.25) is 0 Å². The second-order valence-corrected chi connectivity index (χ2v) is 5.85. The smallest absolute Gasteiger partial charge is 0.0746 e. The first-order chi connectivity index (χ1) is 8.61. The Bertz CT molecular complexity index is 409. The van der Waals surface area contributed by atoms with Crippen LogP contribution in [-0.2, 0) is 4.74 Å². The molecule has 3 nitrogen and oxygen atoms in total. The molecule has 0 radical (unpaired) electrons. The van der Waals surface area contributed by atoms with Crippen LogP contribution in [0.25, 0.3) is 0 Å². The molecule has 1 aliphatic heterocycles.